The van der Waals surface area contributed by atoms with E-state index >= 15 is 0 Å². The van der Waals surface area contributed by atoms with Crippen LogP contribution in [-0.4, -0.2) is 38.6 Å². The lowest BCUT2D eigenvalue weighted by Crippen LogP contribution is -2.26. The number of nitrogens with zero attached hydrogens (tertiary/aromatic N) is 1. The first-order chi connectivity index (χ1) is 6.65. The lowest BCUT2D eigenvalue weighted by Gasteiger charge is -2.16. The minimum absolute atomic E-state index is 0.270. The molecule has 4 nitrogen and oxygen atoms in total. The Morgan fingerprint density at radius 2 is 2.36 bits per heavy atom. The molecule has 0 fully saturated rings. The summed E-state index contributed by atoms with van der Waals surface area (Å²) in [6.45, 7) is 0.584. The fraction of sp³-hybridized carbons (Fsp3) is 0.500. The maximum Gasteiger partial charge on any atom is 0.317 e. The topological polar surface area (TPSA) is 42.7 Å². The molecule has 1 aromatic heterocycles. The number of carbonyl (C=O) groups excluding carboxylic acids is 1. The van der Waals surface area contributed by atoms with E-state index < -0.39 is 0 Å². The molecule has 0 aliphatic rings. The molecule has 0 amide bonds. The van der Waals surface area contributed by atoms with Gasteiger partial charge in [-0.2, -0.15) is 0 Å². The quantitative estimate of drug-likeness (QED) is 0.678. The molecule has 0 aliphatic carbocycles. The molecular formula is C10H15NO3. The molecule has 1 heterocycles. The van der Waals surface area contributed by atoms with E-state index in [0.717, 1.165) is 0 Å². The molecule has 14 heavy (non-hydrogen) atoms. The van der Waals surface area contributed by atoms with Gasteiger partial charge in [-0.1, -0.05) is 0 Å². The second-order valence-electron chi connectivity index (χ2n) is 3.35. The van der Waals surface area contributed by atoms with Crippen LogP contribution in [0.4, 0.5) is 0 Å². The summed E-state index contributed by atoms with van der Waals surface area (Å²) >= 11 is 0. The van der Waals surface area contributed by atoms with E-state index in [4.69, 9.17) is 9.15 Å². The smallest absolute Gasteiger partial charge is 0.317 e. The predicted molar refractivity (Wildman–Crippen MR) is 52.0 cm³/mol. The number of hydrogen-bond donors (Lipinski definition) is 0. The molecule has 1 unspecified atom stereocenters. The zero-order chi connectivity index (χ0) is 10.6. The van der Waals surface area contributed by atoms with Crippen LogP contribution in [0.2, 0.25) is 0 Å². The van der Waals surface area contributed by atoms with Gasteiger partial charge in [0.1, 0.15) is 11.7 Å². The molecule has 4 heteroatoms. The van der Waals surface area contributed by atoms with Gasteiger partial charge in [0.15, 0.2) is 0 Å². The highest BCUT2D eigenvalue weighted by atomic mass is 16.5. The Labute approximate surface area is 83.5 Å². The normalized spacial score (nSPS) is 12.9. The van der Waals surface area contributed by atoms with Crippen LogP contribution in [0.5, 0.6) is 0 Å². The number of furan rings is 1. The van der Waals surface area contributed by atoms with Crippen molar-refractivity contribution in [3.8, 4) is 0 Å². The molecule has 0 radical (unpaired) electrons. The van der Waals surface area contributed by atoms with Crippen molar-refractivity contribution < 1.29 is 13.9 Å². The lowest BCUT2D eigenvalue weighted by atomic mass is 10.1. The van der Waals surface area contributed by atoms with Crippen molar-refractivity contribution in [1.29, 1.82) is 0 Å². The maximum absolute atomic E-state index is 11.4. The first kappa shape index (κ1) is 10.8. The van der Waals surface area contributed by atoms with Gasteiger partial charge in [-0.25, -0.2) is 0 Å². The van der Waals surface area contributed by atoms with Crippen molar-refractivity contribution in [1.82, 2.24) is 4.90 Å². The fourth-order valence-corrected chi connectivity index (χ4v) is 1.28. The van der Waals surface area contributed by atoms with Crippen LogP contribution in [0.15, 0.2) is 22.8 Å². The third-order valence-corrected chi connectivity index (χ3v) is 1.92. The first-order valence-electron chi connectivity index (χ1n) is 4.41. The Balaban J connectivity index is 2.77. The van der Waals surface area contributed by atoms with Gasteiger partial charge in [0.2, 0.25) is 0 Å². The summed E-state index contributed by atoms with van der Waals surface area (Å²) in [5.74, 6) is 0.0317. The van der Waals surface area contributed by atoms with Gasteiger partial charge in [0.05, 0.1) is 13.4 Å². The molecule has 0 saturated heterocycles. The predicted octanol–water partition coefficient (Wildman–Crippen LogP) is 1.10. The summed E-state index contributed by atoms with van der Waals surface area (Å²) in [5, 5.41) is 0. The van der Waals surface area contributed by atoms with Crippen LogP contribution in [0.25, 0.3) is 0 Å². The van der Waals surface area contributed by atoms with Crippen molar-refractivity contribution in [3.63, 3.8) is 0 Å². The summed E-state index contributed by atoms with van der Waals surface area (Å²) in [4.78, 5) is 13.4. The average Bonchev–Trinajstić information content (AvgIpc) is 2.65. The summed E-state index contributed by atoms with van der Waals surface area (Å²) in [6.07, 6.45) is 1.56. The van der Waals surface area contributed by atoms with Crippen molar-refractivity contribution in [2.24, 2.45) is 0 Å². The minimum atomic E-state index is -0.343. The molecule has 1 aromatic rings. The summed E-state index contributed by atoms with van der Waals surface area (Å²) < 4.78 is 9.90. The van der Waals surface area contributed by atoms with E-state index in [1.807, 2.05) is 19.0 Å². The van der Waals surface area contributed by atoms with E-state index in [-0.39, 0.29) is 11.9 Å². The van der Waals surface area contributed by atoms with Gasteiger partial charge in [-0.15, -0.1) is 0 Å². The zero-order valence-corrected chi connectivity index (χ0v) is 8.69. The number of rotatable bonds is 4. The highest BCUT2D eigenvalue weighted by Crippen LogP contribution is 2.18. The van der Waals surface area contributed by atoms with Crippen molar-refractivity contribution >= 4 is 5.97 Å². The van der Waals surface area contributed by atoms with E-state index in [9.17, 15) is 4.79 Å². The van der Waals surface area contributed by atoms with Crippen LogP contribution in [-0.2, 0) is 9.53 Å². The minimum Gasteiger partial charge on any atom is -0.468 e. The Morgan fingerprint density at radius 1 is 1.64 bits per heavy atom. The molecular weight excluding hydrogens is 182 g/mol. The van der Waals surface area contributed by atoms with Gasteiger partial charge < -0.3 is 14.1 Å². The molecule has 0 bridgehead atoms. The Kier molecular flexibility index (Phi) is 3.71. The molecule has 0 aromatic carbocycles. The lowest BCUT2D eigenvalue weighted by molar-refractivity contribution is -0.143. The van der Waals surface area contributed by atoms with Gasteiger partial charge >= 0.3 is 5.97 Å². The van der Waals surface area contributed by atoms with Crippen LogP contribution in [0.1, 0.15) is 11.7 Å². The Morgan fingerprint density at radius 3 is 2.79 bits per heavy atom. The SMILES string of the molecule is COC(=O)C(CN(C)C)c1ccco1. The van der Waals surface area contributed by atoms with E-state index in [1.165, 1.54) is 7.11 Å². The van der Waals surface area contributed by atoms with Crippen LogP contribution in [0.3, 0.4) is 0 Å². The third kappa shape index (κ3) is 2.60. The van der Waals surface area contributed by atoms with Gasteiger partial charge in [-0.05, 0) is 26.2 Å². The summed E-state index contributed by atoms with van der Waals surface area (Å²) in [5.41, 5.74) is 0. The second-order valence-corrected chi connectivity index (χ2v) is 3.35. The summed E-state index contributed by atoms with van der Waals surface area (Å²) in [6, 6.07) is 3.55. The molecule has 0 spiro atoms. The van der Waals surface area contributed by atoms with Crippen molar-refractivity contribution in [2.75, 3.05) is 27.7 Å². The van der Waals surface area contributed by atoms with Crippen LogP contribution < -0.4 is 0 Å². The molecule has 0 saturated carbocycles. The molecule has 0 N–H and O–H groups in total. The first-order valence-corrected chi connectivity index (χ1v) is 4.41. The van der Waals surface area contributed by atoms with Gasteiger partial charge in [0, 0.05) is 6.54 Å². The van der Waals surface area contributed by atoms with Crippen molar-refractivity contribution in [2.45, 2.75) is 5.92 Å². The second kappa shape index (κ2) is 4.81. The Bertz CT molecular complexity index is 280. The molecule has 78 valence electrons. The third-order valence-electron chi connectivity index (χ3n) is 1.92. The Hall–Kier alpha value is -1.29. The van der Waals surface area contributed by atoms with Crippen LogP contribution in [0, 0.1) is 0 Å². The van der Waals surface area contributed by atoms with E-state index in [1.54, 1.807) is 18.4 Å². The average molecular weight is 197 g/mol. The maximum atomic E-state index is 11.4. The number of hydrogen-bond acceptors (Lipinski definition) is 4. The van der Waals surface area contributed by atoms with Crippen molar-refractivity contribution in [3.05, 3.63) is 24.2 Å². The number of ether oxygens (including phenoxy) is 1. The molecule has 1 rings (SSSR count). The highest BCUT2D eigenvalue weighted by molar-refractivity contribution is 5.77. The highest BCUT2D eigenvalue weighted by Gasteiger charge is 2.24. The zero-order valence-electron chi connectivity index (χ0n) is 8.69. The van der Waals surface area contributed by atoms with Gasteiger partial charge in [0.25, 0.3) is 0 Å². The standard InChI is InChI=1S/C10H15NO3/c1-11(2)7-8(10(12)13-3)9-5-4-6-14-9/h4-6,8H,7H2,1-3H3. The molecule has 1 atom stereocenters. The summed E-state index contributed by atoms with van der Waals surface area (Å²) in [7, 11) is 5.19. The molecule has 0 aliphatic heterocycles. The number of carbonyl (C=O) groups is 1. The van der Waals surface area contributed by atoms with E-state index in [0.29, 0.717) is 12.3 Å². The number of methoxy groups -OCH3 is 1. The number of likely N-dealkylation sites (N-methyl/N-ethyl adjacent to an activating group) is 1. The monoisotopic (exact) mass is 197 g/mol. The van der Waals surface area contributed by atoms with Gasteiger partial charge in [-0.3, -0.25) is 4.79 Å². The van der Waals surface area contributed by atoms with E-state index in [2.05, 4.69) is 0 Å². The largest absolute Gasteiger partial charge is 0.468 e. The van der Waals surface area contributed by atoms with Crippen LogP contribution >= 0.6 is 0 Å². The fourth-order valence-electron chi connectivity index (χ4n) is 1.28. The number of esters is 1.